The van der Waals surface area contributed by atoms with E-state index in [2.05, 4.69) is 0 Å². The van der Waals surface area contributed by atoms with E-state index in [9.17, 15) is 26.3 Å². The van der Waals surface area contributed by atoms with E-state index in [-0.39, 0.29) is 6.61 Å². The minimum absolute atomic E-state index is 0.0219. The fourth-order valence-corrected chi connectivity index (χ4v) is 1.40. The maximum atomic E-state index is 12.7. The molecule has 1 aliphatic rings. The largest absolute Gasteiger partial charge is 0.491 e. The number of ether oxygens (including phenoxy) is 1. The Bertz CT molecular complexity index is 368. The molecule has 1 atom stereocenters. The Morgan fingerprint density at radius 1 is 1.21 bits per heavy atom. The standard InChI is InChI=1S/C11H13F6NO/c1-2-3-6-19-7-4-5-8(10(12,13)14)18-9(7)11(15,16)17/h4-5,8,18H,2-3,6H2,1H3. The van der Waals surface area contributed by atoms with Gasteiger partial charge in [-0.1, -0.05) is 13.3 Å². The molecule has 0 bridgehead atoms. The van der Waals surface area contributed by atoms with E-state index < -0.39 is 29.9 Å². The topological polar surface area (TPSA) is 21.3 Å². The second-order valence-corrected chi connectivity index (χ2v) is 3.96. The SMILES string of the molecule is CCCCOC1=C(C(F)(F)F)NC(C(F)(F)F)C=C1. The van der Waals surface area contributed by atoms with Gasteiger partial charge in [-0.15, -0.1) is 0 Å². The predicted octanol–water partition coefficient (Wildman–Crippen LogP) is 3.67. The molecule has 0 saturated heterocycles. The summed E-state index contributed by atoms with van der Waals surface area (Å²) in [6.07, 6.45) is -7.16. The molecule has 1 heterocycles. The molecule has 1 unspecified atom stereocenters. The quantitative estimate of drug-likeness (QED) is 0.630. The van der Waals surface area contributed by atoms with Crippen molar-refractivity contribution in [2.24, 2.45) is 0 Å². The molecule has 110 valence electrons. The first kappa shape index (κ1) is 15.7. The van der Waals surface area contributed by atoms with Crippen LogP contribution in [0.15, 0.2) is 23.6 Å². The molecule has 19 heavy (non-hydrogen) atoms. The number of hydrogen-bond acceptors (Lipinski definition) is 2. The fraction of sp³-hybridized carbons (Fsp3) is 0.636. The third-order valence-electron chi connectivity index (χ3n) is 2.38. The van der Waals surface area contributed by atoms with E-state index in [1.807, 2.05) is 6.92 Å². The molecule has 0 aromatic heterocycles. The maximum Gasteiger partial charge on any atom is 0.434 e. The van der Waals surface area contributed by atoms with E-state index >= 15 is 0 Å². The highest BCUT2D eigenvalue weighted by Gasteiger charge is 2.46. The Labute approximate surface area is 106 Å². The van der Waals surface area contributed by atoms with Crippen LogP contribution in [0.5, 0.6) is 0 Å². The van der Waals surface area contributed by atoms with E-state index in [0.29, 0.717) is 25.0 Å². The molecule has 1 aliphatic heterocycles. The highest BCUT2D eigenvalue weighted by Crippen LogP contribution is 2.33. The number of unbranched alkanes of at least 4 members (excludes halogenated alkanes) is 1. The summed E-state index contributed by atoms with van der Waals surface area (Å²) in [5, 5.41) is 1.43. The monoisotopic (exact) mass is 289 g/mol. The summed E-state index contributed by atoms with van der Waals surface area (Å²) in [7, 11) is 0. The Kier molecular flexibility index (Phi) is 4.75. The molecule has 0 aromatic carbocycles. The van der Waals surface area contributed by atoms with Gasteiger partial charge in [0.05, 0.1) is 6.61 Å². The van der Waals surface area contributed by atoms with Gasteiger partial charge in [-0.05, 0) is 18.6 Å². The lowest BCUT2D eigenvalue weighted by molar-refractivity contribution is -0.151. The summed E-state index contributed by atoms with van der Waals surface area (Å²) >= 11 is 0. The van der Waals surface area contributed by atoms with Crippen molar-refractivity contribution < 1.29 is 31.1 Å². The van der Waals surface area contributed by atoms with Crippen LogP contribution in [-0.2, 0) is 4.74 Å². The Balaban J connectivity index is 2.90. The average molecular weight is 289 g/mol. The molecule has 0 fully saturated rings. The van der Waals surface area contributed by atoms with E-state index in [1.165, 1.54) is 5.32 Å². The fourth-order valence-electron chi connectivity index (χ4n) is 1.40. The molecule has 2 nitrogen and oxygen atoms in total. The molecular weight excluding hydrogens is 276 g/mol. The molecule has 0 aromatic rings. The summed E-state index contributed by atoms with van der Waals surface area (Å²) < 4.78 is 80.0. The maximum absolute atomic E-state index is 12.7. The number of halogens is 6. The number of dihydropyridines is 1. The minimum atomic E-state index is -4.92. The van der Waals surface area contributed by atoms with Crippen LogP contribution in [-0.4, -0.2) is 25.0 Å². The Morgan fingerprint density at radius 3 is 2.32 bits per heavy atom. The van der Waals surface area contributed by atoms with Crippen LogP contribution in [0.1, 0.15) is 19.8 Å². The average Bonchev–Trinajstić information content (AvgIpc) is 2.27. The van der Waals surface area contributed by atoms with Crippen LogP contribution >= 0.6 is 0 Å². The predicted molar refractivity (Wildman–Crippen MR) is 56.1 cm³/mol. The van der Waals surface area contributed by atoms with E-state index in [0.717, 1.165) is 0 Å². The summed E-state index contributed by atoms with van der Waals surface area (Å²) in [6, 6.07) is -2.36. The smallest absolute Gasteiger partial charge is 0.434 e. The summed E-state index contributed by atoms with van der Waals surface area (Å²) in [4.78, 5) is 0. The van der Waals surface area contributed by atoms with Crippen molar-refractivity contribution in [3.63, 3.8) is 0 Å². The van der Waals surface area contributed by atoms with Crippen molar-refractivity contribution in [1.82, 2.24) is 5.32 Å². The second kappa shape index (κ2) is 5.75. The molecule has 0 spiro atoms. The van der Waals surface area contributed by atoms with E-state index in [4.69, 9.17) is 4.74 Å². The first-order valence-electron chi connectivity index (χ1n) is 5.62. The number of rotatable bonds is 4. The van der Waals surface area contributed by atoms with Crippen LogP contribution in [0.3, 0.4) is 0 Å². The molecule has 0 radical (unpaired) electrons. The number of hydrogen-bond donors (Lipinski definition) is 1. The van der Waals surface area contributed by atoms with Crippen molar-refractivity contribution in [3.8, 4) is 0 Å². The van der Waals surface area contributed by atoms with Gasteiger partial charge in [-0.2, -0.15) is 26.3 Å². The minimum Gasteiger partial charge on any atom is -0.491 e. The number of nitrogens with one attached hydrogen (secondary N) is 1. The van der Waals surface area contributed by atoms with Crippen LogP contribution < -0.4 is 5.32 Å². The lowest BCUT2D eigenvalue weighted by Crippen LogP contribution is -2.45. The van der Waals surface area contributed by atoms with Crippen LogP contribution in [0.2, 0.25) is 0 Å². The molecule has 0 aliphatic carbocycles. The van der Waals surface area contributed by atoms with Gasteiger partial charge in [-0.3, -0.25) is 0 Å². The highest BCUT2D eigenvalue weighted by molar-refractivity contribution is 5.30. The summed E-state index contributed by atoms with van der Waals surface area (Å²) in [5.74, 6) is -0.610. The first-order valence-corrected chi connectivity index (χ1v) is 5.62. The van der Waals surface area contributed by atoms with Crippen molar-refractivity contribution in [2.45, 2.75) is 38.2 Å². The van der Waals surface area contributed by atoms with Gasteiger partial charge in [0.1, 0.15) is 11.8 Å². The Morgan fingerprint density at radius 2 is 1.84 bits per heavy atom. The van der Waals surface area contributed by atoms with Gasteiger partial charge in [0.25, 0.3) is 0 Å². The second-order valence-electron chi connectivity index (χ2n) is 3.96. The lowest BCUT2D eigenvalue weighted by atomic mass is 10.1. The van der Waals surface area contributed by atoms with Crippen molar-refractivity contribution >= 4 is 0 Å². The van der Waals surface area contributed by atoms with Gasteiger partial charge in [0.15, 0.2) is 5.70 Å². The van der Waals surface area contributed by atoms with E-state index in [1.54, 1.807) is 0 Å². The molecule has 0 saturated carbocycles. The third kappa shape index (κ3) is 4.36. The third-order valence-corrected chi connectivity index (χ3v) is 2.38. The number of alkyl halides is 6. The zero-order chi connectivity index (χ0) is 14.7. The van der Waals surface area contributed by atoms with Crippen molar-refractivity contribution in [3.05, 3.63) is 23.6 Å². The van der Waals surface area contributed by atoms with Gasteiger partial charge in [0, 0.05) is 0 Å². The van der Waals surface area contributed by atoms with Gasteiger partial charge in [-0.25, -0.2) is 0 Å². The first-order chi connectivity index (χ1) is 8.66. The molecule has 1 rings (SSSR count). The summed E-state index contributed by atoms with van der Waals surface area (Å²) in [6.45, 7) is 1.84. The zero-order valence-electron chi connectivity index (χ0n) is 10.0. The summed E-state index contributed by atoms with van der Waals surface area (Å²) in [5.41, 5.74) is -1.49. The van der Waals surface area contributed by atoms with Gasteiger partial charge in [0.2, 0.25) is 0 Å². The van der Waals surface area contributed by atoms with Gasteiger partial charge < -0.3 is 10.1 Å². The van der Waals surface area contributed by atoms with Crippen LogP contribution in [0.4, 0.5) is 26.3 Å². The molecule has 8 heteroatoms. The van der Waals surface area contributed by atoms with Gasteiger partial charge >= 0.3 is 12.4 Å². The number of allylic oxidation sites excluding steroid dienone is 2. The van der Waals surface area contributed by atoms with Crippen LogP contribution in [0.25, 0.3) is 0 Å². The Hall–Kier alpha value is -1.34. The zero-order valence-corrected chi connectivity index (χ0v) is 10.0. The molecule has 0 amide bonds. The van der Waals surface area contributed by atoms with Crippen molar-refractivity contribution in [1.29, 1.82) is 0 Å². The lowest BCUT2D eigenvalue weighted by Gasteiger charge is -2.27. The van der Waals surface area contributed by atoms with Crippen LogP contribution in [0, 0.1) is 0 Å². The normalized spacial score (nSPS) is 20.5. The molecule has 1 N–H and O–H groups in total. The van der Waals surface area contributed by atoms with Crippen molar-refractivity contribution in [2.75, 3.05) is 6.61 Å². The molecular formula is C11H13F6NO. The highest BCUT2D eigenvalue weighted by atomic mass is 19.4.